The summed E-state index contributed by atoms with van der Waals surface area (Å²) >= 11 is 0. The first-order valence-corrected chi connectivity index (χ1v) is 32.3. The minimum absolute atomic E-state index is 0. The van der Waals surface area contributed by atoms with Gasteiger partial charge in [0, 0.05) is 22.5 Å². The van der Waals surface area contributed by atoms with Gasteiger partial charge in [0.2, 0.25) is 12.6 Å². The average Bonchev–Trinajstić information content (AvgIpc) is 0.805. The summed E-state index contributed by atoms with van der Waals surface area (Å²) in [6.45, 7) is 51.5. The number of hydrogen-bond acceptors (Lipinski definition) is 17. The second kappa shape index (κ2) is 38.6. The Kier molecular flexibility index (Phi) is 37.4. The third-order valence-corrected chi connectivity index (χ3v) is 13.5. The molecule has 2 heterocycles. The molecule has 4 aromatic carbocycles. The lowest BCUT2D eigenvalue weighted by Gasteiger charge is -2.39. The average molecular weight is 1360 g/mol. The van der Waals surface area contributed by atoms with Crippen molar-refractivity contribution in [3.05, 3.63) is 118 Å². The summed E-state index contributed by atoms with van der Waals surface area (Å²) in [5.74, 6) is -0.531. The van der Waals surface area contributed by atoms with Gasteiger partial charge >= 0.3 is 5.97 Å². The maximum absolute atomic E-state index is 11.3. The van der Waals surface area contributed by atoms with Crippen molar-refractivity contribution in [2.24, 2.45) is 16.2 Å². The predicted molar refractivity (Wildman–Crippen MR) is 392 cm³/mol. The van der Waals surface area contributed by atoms with E-state index in [9.17, 15) is 45.6 Å². The maximum Gasteiger partial charge on any atom is 0.335 e. The fourth-order valence-corrected chi connectivity index (χ4v) is 9.43. The van der Waals surface area contributed by atoms with Gasteiger partial charge in [-0.1, -0.05) is 128 Å². The molecular weight excluding hydrogens is 1220 g/mol. The van der Waals surface area contributed by atoms with Crippen molar-refractivity contribution in [2.45, 2.75) is 324 Å². The zero-order valence-corrected chi connectivity index (χ0v) is 60.1. The molecule has 4 aromatic rings. The Morgan fingerprint density at radius 1 is 0.406 bits per heavy atom. The van der Waals surface area contributed by atoms with Crippen molar-refractivity contribution in [1.29, 1.82) is 0 Å². The molecule has 0 bridgehead atoms. The Labute approximate surface area is 581 Å². The Bertz CT molecular complexity index is 2790. The van der Waals surface area contributed by atoms with Crippen molar-refractivity contribution in [3.63, 3.8) is 0 Å². The van der Waals surface area contributed by atoms with E-state index in [-0.39, 0.29) is 68.4 Å². The lowest BCUT2D eigenvalue weighted by Crippen LogP contribution is -2.61. The van der Waals surface area contributed by atoms with Crippen molar-refractivity contribution in [2.75, 3.05) is 17.2 Å². The molecular formula is C78H136N2O16. The van der Waals surface area contributed by atoms with Crippen LogP contribution in [0.4, 0.5) is 11.4 Å². The third kappa shape index (κ3) is 36.2. The van der Waals surface area contributed by atoms with Crippen molar-refractivity contribution in [1.82, 2.24) is 0 Å². The SMILES string of the molecule is C.C.C.C.CC(C)(C)Cc1cc(COC(C)(C)C)ccc1OC1OC(C(=O)O)C(O)C(O)C1O.CC(C)(C)Cc1cc(COC(C)(C)C)ccc1OC1OC(CO)C(O)C(O)C1O.CC(C)(C)Cc1ccc(NC(C)(C)C)cc1.CC(C)(C)Nc1ccc(COC(C)(C)C)cc1. The highest BCUT2D eigenvalue weighted by Gasteiger charge is 2.49. The number of aliphatic carboxylic acids is 1. The van der Waals surface area contributed by atoms with E-state index in [0.717, 1.165) is 34.4 Å². The van der Waals surface area contributed by atoms with Crippen LogP contribution in [-0.4, -0.2) is 143 Å². The molecule has 18 heteroatoms. The summed E-state index contributed by atoms with van der Waals surface area (Å²) in [6, 6.07) is 28.4. The fraction of sp³-hybridized carbons (Fsp3) is 0.679. The molecule has 0 aromatic heterocycles. The number of aliphatic hydroxyl groups is 7. The van der Waals surface area contributed by atoms with E-state index in [1.165, 1.54) is 16.8 Å². The van der Waals surface area contributed by atoms with Crippen LogP contribution in [0.1, 0.15) is 229 Å². The highest BCUT2D eigenvalue weighted by molar-refractivity contribution is 5.73. The molecule has 0 radical (unpaired) electrons. The summed E-state index contributed by atoms with van der Waals surface area (Å²) in [5, 5.41) is 85.8. The second-order valence-electron chi connectivity index (χ2n) is 33.1. The Hall–Kier alpha value is -4.93. The van der Waals surface area contributed by atoms with Gasteiger partial charge < -0.3 is 84.6 Å². The molecule has 18 nitrogen and oxygen atoms in total. The number of aliphatic hydroxyl groups excluding tert-OH is 7. The first-order chi connectivity index (χ1) is 41.8. The Morgan fingerprint density at radius 2 is 0.719 bits per heavy atom. The van der Waals surface area contributed by atoms with Crippen LogP contribution in [-0.2, 0) is 67.6 Å². The molecule has 10 unspecified atom stereocenters. The first-order valence-electron chi connectivity index (χ1n) is 32.3. The molecule has 0 amide bonds. The first kappa shape index (κ1) is 93.1. The summed E-state index contributed by atoms with van der Waals surface area (Å²) < 4.78 is 39.9. The molecule has 0 spiro atoms. The molecule has 2 fully saturated rings. The lowest BCUT2D eigenvalue weighted by atomic mass is 9.87. The van der Waals surface area contributed by atoms with Gasteiger partial charge in [0.25, 0.3) is 0 Å². The lowest BCUT2D eigenvalue weighted by molar-refractivity contribution is -0.277. The molecule has 0 aliphatic carbocycles. The van der Waals surface area contributed by atoms with E-state index < -0.39 is 74.0 Å². The van der Waals surface area contributed by atoms with Crippen molar-refractivity contribution >= 4 is 17.3 Å². The van der Waals surface area contributed by atoms with Crippen LogP contribution in [0.5, 0.6) is 11.5 Å². The molecule has 96 heavy (non-hydrogen) atoms. The van der Waals surface area contributed by atoms with Crippen molar-refractivity contribution in [3.8, 4) is 11.5 Å². The standard InChI is InChI=1S/C22H34O8.C22H36O7.C15H25NO.C15H25N.4CH4/c1-21(2,3)10-13-9-12(11-28-22(4,5)6)7-8-14(13)29-20-17(25)15(23)16(24)18(30-20)19(26)27;1-21(2,3)10-14-9-13(12-27-22(4,5)6)7-8-15(14)28-20-19(26)18(25)17(24)16(11-23)29-20;1-14(2,3)16-13-9-7-12(8-10-13)11-17-15(4,5)6;1-14(2,3)11-12-7-9-13(10-8-12)16-15(4,5)6;;;;/h7-9,15-18,20,23-25H,10-11H2,1-6H3,(H,26,27);7-9,16-20,23-26H,10-12H2,1-6H3;7-10,16H,11H2,1-6H3;7-10,16H,11H2,1-6H3;4*1H4. The molecule has 10 N–H and O–H groups in total. The maximum atomic E-state index is 11.3. The molecule has 10 atom stereocenters. The topological polar surface area (TPSA) is 268 Å². The highest BCUT2D eigenvalue weighted by atomic mass is 16.7. The van der Waals surface area contributed by atoms with Crippen molar-refractivity contribution < 1.29 is 78.8 Å². The summed E-state index contributed by atoms with van der Waals surface area (Å²) in [7, 11) is 0. The van der Waals surface area contributed by atoms with Gasteiger partial charge in [0.15, 0.2) is 6.10 Å². The number of carbonyl (C=O) groups is 1. The van der Waals surface area contributed by atoms with Gasteiger partial charge in [-0.3, -0.25) is 0 Å². The fourth-order valence-electron chi connectivity index (χ4n) is 9.43. The zero-order valence-electron chi connectivity index (χ0n) is 60.1. The van der Waals surface area contributed by atoms with Crippen LogP contribution >= 0.6 is 0 Å². The molecule has 6 rings (SSSR count). The van der Waals surface area contributed by atoms with Crippen LogP contribution in [0.25, 0.3) is 0 Å². The predicted octanol–water partition coefficient (Wildman–Crippen LogP) is 14.9. The second-order valence-corrected chi connectivity index (χ2v) is 33.1. The Balaban J connectivity index is 0. The smallest absolute Gasteiger partial charge is 0.335 e. The van der Waals surface area contributed by atoms with E-state index >= 15 is 0 Å². The van der Waals surface area contributed by atoms with Gasteiger partial charge in [-0.2, -0.15) is 0 Å². The number of carboxylic acids is 1. The van der Waals surface area contributed by atoms with Crippen LogP contribution in [0.15, 0.2) is 84.9 Å². The zero-order chi connectivity index (χ0) is 70.3. The van der Waals surface area contributed by atoms with Gasteiger partial charge in [-0.25, -0.2) is 4.79 Å². The van der Waals surface area contributed by atoms with Crippen LogP contribution in [0.2, 0.25) is 0 Å². The number of benzene rings is 4. The van der Waals surface area contributed by atoms with Crippen LogP contribution < -0.4 is 20.1 Å². The Morgan fingerprint density at radius 3 is 1.03 bits per heavy atom. The van der Waals surface area contributed by atoms with E-state index in [0.29, 0.717) is 49.6 Å². The minimum Gasteiger partial charge on any atom is -0.479 e. The van der Waals surface area contributed by atoms with Crippen LogP contribution in [0.3, 0.4) is 0 Å². The number of anilines is 2. The molecule has 554 valence electrons. The number of hydrogen-bond donors (Lipinski definition) is 10. The quantitative estimate of drug-likeness (QED) is 0.0471. The molecule has 2 aliphatic rings. The highest BCUT2D eigenvalue weighted by Crippen LogP contribution is 2.35. The van der Waals surface area contributed by atoms with E-state index in [1.807, 2.05) is 65.8 Å². The number of nitrogens with one attached hydrogen (secondary N) is 2. The minimum atomic E-state index is -1.76. The summed E-state index contributed by atoms with van der Waals surface area (Å²) in [5.41, 5.74) is 8.54. The largest absolute Gasteiger partial charge is 0.479 e. The number of ether oxygens (including phenoxy) is 7. The van der Waals surface area contributed by atoms with Crippen LogP contribution in [0, 0.1) is 16.2 Å². The van der Waals surface area contributed by atoms with E-state index in [4.69, 9.17) is 33.2 Å². The van der Waals surface area contributed by atoms with Gasteiger partial charge in [0.1, 0.15) is 54.2 Å². The number of rotatable bonds is 17. The molecule has 0 saturated carbocycles. The normalized spacial score (nSPS) is 21.6. The summed E-state index contributed by atoms with van der Waals surface area (Å²) in [4.78, 5) is 11.3. The van der Waals surface area contributed by atoms with E-state index in [2.05, 4.69) is 184 Å². The van der Waals surface area contributed by atoms with E-state index in [1.54, 1.807) is 12.1 Å². The monoisotopic (exact) mass is 1360 g/mol. The third-order valence-electron chi connectivity index (χ3n) is 13.5. The number of carboxylic acid groups (broad SMARTS) is 1. The molecule has 2 saturated heterocycles. The van der Waals surface area contributed by atoms with Gasteiger partial charge in [0.05, 0.1) is 43.2 Å². The summed E-state index contributed by atoms with van der Waals surface area (Å²) in [6.07, 6.45) is -12.3. The van der Waals surface area contributed by atoms with Gasteiger partial charge in [-0.05, 0) is 221 Å². The van der Waals surface area contributed by atoms with Gasteiger partial charge in [-0.15, -0.1) is 0 Å². The molecule has 2 aliphatic heterocycles.